The highest BCUT2D eigenvalue weighted by Crippen LogP contribution is 2.11. The molecule has 0 saturated heterocycles. The molecule has 0 aromatic rings. The van der Waals surface area contributed by atoms with E-state index in [4.69, 9.17) is 14.2 Å². The van der Waals surface area contributed by atoms with Crippen molar-refractivity contribution in [2.75, 3.05) is 13.2 Å². The van der Waals surface area contributed by atoms with Gasteiger partial charge in [-0.3, -0.25) is 14.4 Å². The molecule has 6 heteroatoms. The second-order valence-corrected chi connectivity index (χ2v) is 12.9. The average Bonchev–Trinajstić information content (AvgIpc) is 3.12. The van der Waals surface area contributed by atoms with Crippen LogP contribution in [0.3, 0.4) is 0 Å². The number of unbranched alkanes of at least 4 members (excludes halogenated alkanes) is 13. The van der Waals surface area contributed by atoms with Crippen molar-refractivity contribution in [1.29, 1.82) is 0 Å². The summed E-state index contributed by atoms with van der Waals surface area (Å²) in [5, 5.41) is 0. The topological polar surface area (TPSA) is 78.9 Å². The van der Waals surface area contributed by atoms with Gasteiger partial charge in [-0.2, -0.15) is 0 Å². The molecule has 0 amide bonds. The monoisotopic (exact) mass is 709 g/mol. The number of hydrogen-bond acceptors (Lipinski definition) is 6. The Labute approximate surface area is 312 Å². The minimum absolute atomic E-state index is 0.119. The molecule has 0 saturated carbocycles. The summed E-state index contributed by atoms with van der Waals surface area (Å²) in [7, 11) is 0. The van der Waals surface area contributed by atoms with Crippen LogP contribution >= 0.6 is 0 Å². The second kappa shape index (κ2) is 39.4. The van der Waals surface area contributed by atoms with Crippen molar-refractivity contribution in [2.45, 2.75) is 168 Å². The zero-order valence-electron chi connectivity index (χ0n) is 32.6. The first-order chi connectivity index (χ1) is 25.0. The standard InChI is InChI=1S/C45H72O6/c1-4-7-10-13-16-19-21-22-24-26-29-32-35-38-44(47)50-41-42(40-49-43(46)37-34-31-28-25-18-15-12-9-6-3)51-45(48)39-36-33-30-27-23-20-17-14-11-8-5-2/h7,10,13-14,16-17,19,21-22,24-26,28-29,42H,4-6,8-9,11-12,15,18,20,23,27,30-41H2,1-3H3/b10-7-,16-13-,17-14-,21-19-,24-22-,28-25-,29-26-. The van der Waals surface area contributed by atoms with E-state index >= 15 is 0 Å². The molecule has 0 N–H and O–H groups in total. The largest absolute Gasteiger partial charge is 0.462 e. The first kappa shape index (κ1) is 47.6. The molecule has 0 aromatic carbocycles. The number of hydrogen-bond donors (Lipinski definition) is 0. The van der Waals surface area contributed by atoms with Gasteiger partial charge >= 0.3 is 17.9 Å². The number of carbonyl (C=O) groups is 3. The van der Waals surface area contributed by atoms with Crippen LogP contribution in [0, 0.1) is 0 Å². The normalized spacial score (nSPS) is 12.9. The van der Waals surface area contributed by atoms with Crippen LogP contribution in [0.1, 0.15) is 162 Å². The first-order valence-electron chi connectivity index (χ1n) is 20.2. The number of rotatable bonds is 34. The highest BCUT2D eigenvalue weighted by molar-refractivity contribution is 5.71. The van der Waals surface area contributed by atoms with Gasteiger partial charge in [0.15, 0.2) is 6.10 Å². The maximum atomic E-state index is 12.6. The van der Waals surface area contributed by atoms with E-state index in [1.807, 2.05) is 54.7 Å². The molecular weight excluding hydrogens is 636 g/mol. The van der Waals surface area contributed by atoms with E-state index in [9.17, 15) is 14.4 Å². The van der Waals surface area contributed by atoms with Gasteiger partial charge in [-0.25, -0.2) is 0 Å². The van der Waals surface area contributed by atoms with Gasteiger partial charge < -0.3 is 14.2 Å². The van der Waals surface area contributed by atoms with E-state index in [1.165, 1.54) is 51.4 Å². The lowest BCUT2D eigenvalue weighted by atomic mass is 10.1. The highest BCUT2D eigenvalue weighted by Gasteiger charge is 2.19. The van der Waals surface area contributed by atoms with E-state index < -0.39 is 6.10 Å². The second-order valence-electron chi connectivity index (χ2n) is 12.9. The SMILES string of the molecule is CC\C=C/C=C\C=C/C=C\C=C/CCCC(=O)OCC(COC(=O)CCC/C=C\CCCCCC)OC(=O)CCCCCCC/C=C\CCCC. The van der Waals surface area contributed by atoms with Crippen molar-refractivity contribution in [3.8, 4) is 0 Å². The van der Waals surface area contributed by atoms with E-state index in [0.29, 0.717) is 25.7 Å². The van der Waals surface area contributed by atoms with Gasteiger partial charge in [0.2, 0.25) is 0 Å². The molecule has 0 rings (SSSR count). The molecule has 0 aliphatic carbocycles. The smallest absolute Gasteiger partial charge is 0.306 e. The van der Waals surface area contributed by atoms with Gasteiger partial charge in [-0.1, -0.05) is 157 Å². The maximum Gasteiger partial charge on any atom is 0.306 e. The van der Waals surface area contributed by atoms with Gasteiger partial charge in [0.1, 0.15) is 13.2 Å². The van der Waals surface area contributed by atoms with Gasteiger partial charge in [-0.05, 0) is 70.6 Å². The highest BCUT2D eigenvalue weighted by atomic mass is 16.6. The van der Waals surface area contributed by atoms with Gasteiger partial charge in [0.05, 0.1) is 0 Å². The molecule has 0 bridgehead atoms. The quantitative estimate of drug-likeness (QED) is 0.0218. The van der Waals surface area contributed by atoms with Gasteiger partial charge in [0.25, 0.3) is 0 Å². The van der Waals surface area contributed by atoms with Crippen molar-refractivity contribution in [1.82, 2.24) is 0 Å². The zero-order valence-corrected chi connectivity index (χ0v) is 32.6. The van der Waals surface area contributed by atoms with Crippen LogP contribution in [-0.4, -0.2) is 37.2 Å². The Morgan fingerprint density at radius 1 is 0.412 bits per heavy atom. The predicted octanol–water partition coefficient (Wildman–Crippen LogP) is 12.5. The molecular formula is C45H72O6. The molecule has 0 heterocycles. The minimum Gasteiger partial charge on any atom is -0.462 e. The third-order valence-corrected chi connectivity index (χ3v) is 7.98. The van der Waals surface area contributed by atoms with Crippen LogP contribution in [0.4, 0.5) is 0 Å². The Morgan fingerprint density at radius 3 is 1.37 bits per heavy atom. The fraction of sp³-hybridized carbons (Fsp3) is 0.622. The Kier molecular flexibility index (Phi) is 36.7. The molecule has 0 radical (unpaired) electrons. The molecule has 51 heavy (non-hydrogen) atoms. The van der Waals surface area contributed by atoms with Gasteiger partial charge in [-0.15, -0.1) is 0 Å². The molecule has 0 spiro atoms. The predicted molar refractivity (Wildman–Crippen MR) is 214 cm³/mol. The number of allylic oxidation sites excluding steroid dienone is 14. The summed E-state index contributed by atoms with van der Waals surface area (Å²) in [6.07, 6.45) is 48.7. The third-order valence-electron chi connectivity index (χ3n) is 7.98. The first-order valence-corrected chi connectivity index (χ1v) is 20.2. The Morgan fingerprint density at radius 2 is 0.824 bits per heavy atom. The molecule has 1 unspecified atom stereocenters. The molecule has 0 aliphatic rings. The number of ether oxygens (including phenoxy) is 3. The van der Waals surface area contributed by atoms with Crippen LogP contribution in [-0.2, 0) is 28.6 Å². The molecule has 0 aliphatic heterocycles. The maximum absolute atomic E-state index is 12.6. The van der Waals surface area contributed by atoms with E-state index in [2.05, 4.69) is 51.2 Å². The van der Waals surface area contributed by atoms with Crippen molar-refractivity contribution >= 4 is 17.9 Å². The zero-order chi connectivity index (χ0) is 37.3. The van der Waals surface area contributed by atoms with Crippen molar-refractivity contribution in [2.24, 2.45) is 0 Å². The summed E-state index contributed by atoms with van der Waals surface area (Å²) < 4.78 is 16.5. The summed E-state index contributed by atoms with van der Waals surface area (Å²) in [6, 6.07) is 0. The summed E-state index contributed by atoms with van der Waals surface area (Å²) in [4.78, 5) is 37.4. The fourth-order valence-electron chi connectivity index (χ4n) is 4.92. The van der Waals surface area contributed by atoms with Crippen LogP contribution in [0.2, 0.25) is 0 Å². The molecule has 0 aromatic heterocycles. The molecule has 1 atom stereocenters. The van der Waals surface area contributed by atoms with E-state index in [-0.39, 0.29) is 37.5 Å². The Bertz CT molecular complexity index is 1040. The lowest BCUT2D eigenvalue weighted by molar-refractivity contribution is -0.167. The molecule has 0 fully saturated rings. The summed E-state index contributed by atoms with van der Waals surface area (Å²) in [6.45, 7) is 6.27. The van der Waals surface area contributed by atoms with Crippen LogP contribution in [0.5, 0.6) is 0 Å². The summed E-state index contributed by atoms with van der Waals surface area (Å²) in [5.41, 5.74) is 0. The van der Waals surface area contributed by atoms with Crippen molar-refractivity contribution in [3.05, 3.63) is 85.1 Å². The minimum atomic E-state index is -0.816. The van der Waals surface area contributed by atoms with Crippen molar-refractivity contribution in [3.63, 3.8) is 0 Å². The van der Waals surface area contributed by atoms with Gasteiger partial charge in [0, 0.05) is 19.3 Å². The molecule has 6 nitrogen and oxygen atoms in total. The summed E-state index contributed by atoms with van der Waals surface area (Å²) >= 11 is 0. The average molecular weight is 709 g/mol. The summed E-state index contributed by atoms with van der Waals surface area (Å²) in [5.74, 6) is -1.05. The lowest BCUT2D eigenvalue weighted by Gasteiger charge is -2.18. The van der Waals surface area contributed by atoms with Crippen molar-refractivity contribution < 1.29 is 28.6 Å². The van der Waals surface area contributed by atoms with Crippen LogP contribution in [0.15, 0.2) is 85.1 Å². The Hall–Kier alpha value is -3.41. The van der Waals surface area contributed by atoms with E-state index in [1.54, 1.807) is 0 Å². The molecule has 288 valence electrons. The van der Waals surface area contributed by atoms with Crippen LogP contribution < -0.4 is 0 Å². The fourth-order valence-corrected chi connectivity index (χ4v) is 4.92. The Balaban J connectivity index is 4.57. The van der Waals surface area contributed by atoms with E-state index in [0.717, 1.165) is 57.8 Å². The lowest BCUT2D eigenvalue weighted by Crippen LogP contribution is -2.30. The third kappa shape index (κ3) is 37.7. The number of carbonyl (C=O) groups excluding carboxylic acids is 3. The van der Waals surface area contributed by atoms with Crippen LogP contribution in [0.25, 0.3) is 0 Å². The number of esters is 3.